The predicted octanol–water partition coefficient (Wildman–Crippen LogP) is 4.33. The highest BCUT2D eigenvalue weighted by Crippen LogP contribution is 3.36. The quantitative estimate of drug-likeness (QED) is 0.500. The van der Waals surface area contributed by atoms with Crippen molar-refractivity contribution in [1.82, 2.24) is 0 Å². The second-order valence-corrected chi connectivity index (χ2v) is 23.1. The predicted molar refractivity (Wildman–Crippen MR) is 147 cm³/mol. The Labute approximate surface area is 254 Å². The van der Waals surface area contributed by atoms with Crippen molar-refractivity contribution in [2.24, 2.45) is 167 Å². The van der Waals surface area contributed by atoms with E-state index in [1.54, 1.807) is 12.8 Å². The number of fused-ring (bicyclic) bond motifs is 14. The van der Waals surface area contributed by atoms with E-state index in [2.05, 4.69) is 6.07 Å². The van der Waals surface area contributed by atoms with Crippen LogP contribution in [0.5, 0.6) is 5.75 Å². The van der Waals surface area contributed by atoms with Gasteiger partial charge in [0.2, 0.25) is 0 Å². The van der Waals surface area contributed by atoms with E-state index in [9.17, 15) is 0 Å². The second kappa shape index (κ2) is 3.69. The van der Waals surface area contributed by atoms with Crippen molar-refractivity contribution in [3.63, 3.8) is 0 Å². The Morgan fingerprint density at radius 3 is 1.89 bits per heavy atom. The van der Waals surface area contributed by atoms with Crippen LogP contribution in [0.2, 0.25) is 0 Å². The van der Waals surface area contributed by atoms with Crippen molar-refractivity contribution < 1.29 is 9.13 Å². The molecule has 216 valence electrons. The van der Waals surface area contributed by atoms with Crippen LogP contribution >= 0.6 is 0 Å². The minimum absolute atomic E-state index is 0.0511. The molecule has 19 fully saturated rings. The van der Waals surface area contributed by atoms with Gasteiger partial charge in [-0.25, -0.2) is 4.39 Å². The summed E-state index contributed by atoms with van der Waals surface area (Å²) in [6.45, 7) is 0.563. The third-order valence-corrected chi connectivity index (χ3v) is 27.3. The summed E-state index contributed by atoms with van der Waals surface area (Å²) in [5, 5.41) is 0. The fourth-order valence-electron chi connectivity index (χ4n) is 30.7. The Bertz CT molecular complexity index is 2230. The molecule has 21 aliphatic rings. The summed E-state index contributed by atoms with van der Waals surface area (Å²) in [5.74, 6) is 23.8. The molecule has 2 nitrogen and oxygen atoms in total. The van der Waals surface area contributed by atoms with E-state index in [-0.39, 0.29) is 17.3 Å². The molecule has 0 saturated heterocycles. The SMILES string of the molecule is NC1COc2cc3c(c(F)c2C1)C31CC2C3CC4C5C6C7C8C9C%10C%11CC%12C1C1C%13C%14C%15C%16C%17C%18C2C34C5%18C6%17C7%16C8%15C9%14C%10%13C%12%111. The van der Waals surface area contributed by atoms with Gasteiger partial charge in [-0.3, -0.25) is 0 Å². The summed E-state index contributed by atoms with van der Waals surface area (Å²) in [5.41, 5.74) is 17.4. The molecule has 44 heavy (non-hydrogen) atoms. The Morgan fingerprint density at radius 2 is 1.18 bits per heavy atom. The standard InChI is InChI=1S/C41H34FNO/c42-32-8-1-7(43)6-44-15(8)4-11-20(32)33(11)5-9-10-2-13-18-23-27-28-24-19-14-3-12-17(33)21-25-29-31-30-26-22-16(9)34(10,13)36(18,22)38(23,26)40(27,30)41(28,31)39(24,29)37(19,25)35(12,14)21/h4,7,9-10,12-14,16-19,21-31H,1-3,5-6,43H2. The smallest absolute Gasteiger partial charge is 0.134 e. The van der Waals surface area contributed by atoms with E-state index in [1.165, 1.54) is 82.6 Å². The molecule has 30 atom stereocenters. The molecular formula is C41H34FNO. The van der Waals surface area contributed by atoms with Crippen LogP contribution in [-0.2, 0) is 11.8 Å². The number of nitrogens with two attached hydrogens (primary N) is 1. The molecule has 30 unspecified atom stereocenters. The number of halogens is 1. The first-order chi connectivity index (χ1) is 21.6. The van der Waals surface area contributed by atoms with E-state index in [1.807, 2.05) is 0 Å². The molecule has 0 radical (unpaired) electrons. The number of hydrogen-bond acceptors (Lipinski definition) is 2. The van der Waals surface area contributed by atoms with Gasteiger partial charge in [-0.15, -0.1) is 0 Å². The summed E-state index contributed by atoms with van der Waals surface area (Å²) in [6.07, 6.45) is 5.21. The highest BCUT2D eigenvalue weighted by atomic mass is 19.1. The molecule has 0 amide bonds. The molecule has 9 spiro atoms. The first-order valence-electron chi connectivity index (χ1n) is 19.9. The molecule has 2 N–H and O–H groups in total. The number of ether oxygens (including phenoxy) is 1. The Morgan fingerprint density at radius 1 is 0.636 bits per heavy atom. The fraction of sp³-hybridized carbons (Fsp3) is 0.854. The molecule has 1 aromatic rings. The van der Waals surface area contributed by atoms with E-state index < -0.39 is 0 Å². The summed E-state index contributed by atoms with van der Waals surface area (Å²) in [4.78, 5) is 0. The van der Waals surface area contributed by atoms with Gasteiger partial charge in [-0.1, -0.05) is 0 Å². The normalized spacial score (nSPS) is 96.3. The highest BCUT2D eigenvalue weighted by molar-refractivity contribution is 5.81. The zero-order chi connectivity index (χ0) is 26.5. The van der Waals surface area contributed by atoms with Gasteiger partial charge in [0.15, 0.2) is 0 Å². The van der Waals surface area contributed by atoms with Gasteiger partial charge in [-0.2, -0.15) is 0 Å². The van der Waals surface area contributed by atoms with Gasteiger partial charge < -0.3 is 10.5 Å². The van der Waals surface area contributed by atoms with Gasteiger partial charge in [-0.05, 0) is 199 Å². The van der Waals surface area contributed by atoms with E-state index >= 15 is 4.39 Å². The third-order valence-electron chi connectivity index (χ3n) is 27.3. The lowest BCUT2D eigenvalue weighted by molar-refractivity contribution is -0.901. The highest BCUT2D eigenvalue weighted by Gasteiger charge is 3.34. The van der Waals surface area contributed by atoms with E-state index in [4.69, 9.17) is 10.5 Å². The Kier molecular flexibility index (Phi) is 1.55. The summed E-state index contributed by atoms with van der Waals surface area (Å²) >= 11 is 0. The molecule has 0 bridgehead atoms. The topological polar surface area (TPSA) is 35.2 Å². The zero-order valence-electron chi connectivity index (χ0n) is 24.6. The van der Waals surface area contributed by atoms with Crippen LogP contribution in [0, 0.1) is 167 Å². The minimum atomic E-state index is -0.0511. The maximum atomic E-state index is 17.0. The maximum absolute atomic E-state index is 17.0. The van der Waals surface area contributed by atoms with Crippen molar-refractivity contribution in [2.75, 3.05) is 6.61 Å². The van der Waals surface area contributed by atoms with Crippen LogP contribution < -0.4 is 10.5 Å². The van der Waals surface area contributed by atoms with Crippen molar-refractivity contribution in [2.45, 2.75) is 37.1 Å². The van der Waals surface area contributed by atoms with Crippen LogP contribution in [0.3, 0.4) is 0 Å². The first kappa shape index (κ1) is 18.5. The van der Waals surface area contributed by atoms with E-state index in [0.29, 0.717) is 13.0 Å². The van der Waals surface area contributed by atoms with Crippen LogP contribution in [0.25, 0.3) is 0 Å². The largest absolute Gasteiger partial charge is 0.492 e. The molecule has 1 aromatic carbocycles. The van der Waals surface area contributed by atoms with Crippen LogP contribution in [0.1, 0.15) is 36.0 Å². The Hall–Kier alpha value is -1.09. The second-order valence-electron chi connectivity index (χ2n) is 23.1. The number of benzene rings is 1. The van der Waals surface area contributed by atoms with Gasteiger partial charge >= 0.3 is 0 Å². The van der Waals surface area contributed by atoms with Crippen molar-refractivity contribution in [3.05, 3.63) is 28.6 Å². The molecular weight excluding hydrogens is 541 g/mol. The molecule has 1 aliphatic heterocycles. The van der Waals surface area contributed by atoms with Crippen molar-refractivity contribution >= 4 is 0 Å². The molecule has 1 heterocycles. The third kappa shape index (κ3) is 0.724. The monoisotopic (exact) mass is 575 g/mol. The maximum Gasteiger partial charge on any atom is 0.134 e. The summed E-state index contributed by atoms with van der Waals surface area (Å²) in [7, 11) is 0. The molecule has 19 saturated carbocycles. The molecule has 20 aliphatic carbocycles. The van der Waals surface area contributed by atoms with Gasteiger partial charge in [0.25, 0.3) is 0 Å². The lowest BCUT2D eigenvalue weighted by Gasteiger charge is -3.35. The number of rotatable bonds is 0. The molecule has 3 heteroatoms. The van der Waals surface area contributed by atoms with Gasteiger partial charge in [0.05, 0.1) is 0 Å². The van der Waals surface area contributed by atoms with Crippen LogP contribution in [-0.4, -0.2) is 12.6 Å². The summed E-state index contributed by atoms with van der Waals surface area (Å²) in [6, 6.07) is 2.38. The van der Waals surface area contributed by atoms with E-state index in [0.717, 1.165) is 108 Å². The molecule has 0 aromatic heterocycles. The zero-order valence-corrected chi connectivity index (χ0v) is 24.6. The lowest BCUT2D eigenvalue weighted by atomic mass is 8.68. The van der Waals surface area contributed by atoms with Crippen LogP contribution in [0.4, 0.5) is 4.39 Å². The number of hydrogen-bond donors (Lipinski definition) is 1. The molecule has 22 rings (SSSR count). The Balaban J connectivity index is 0.858. The first-order valence-corrected chi connectivity index (χ1v) is 19.9. The van der Waals surface area contributed by atoms with Gasteiger partial charge in [0, 0.05) is 22.6 Å². The lowest BCUT2D eigenvalue weighted by Crippen LogP contribution is -3.33. The average Bonchev–Trinajstić information content (AvgIpc) is 3.56. The summed E-state index contributed by atoms with van der Waals surface area (Å²) < 4.78 is 23.3. The minimum Gasteiger partial charge on any atom is -0.492 e. The van der Waals surface area contributed by atoms with Gasteiger partial charge in [0.1, 0.15) is 18.2 Å². The van der Waals surface area contributed by atoms with Crippen LogP contribution in [0.15, 0.2) is 6.07 Å². The van der Waals surface area contributed by atoms with Crippen molar-refractivity contribution in [1.29, 1.82) is 0 Å². The van der Waals surface area contributed by atoms with Crippen molar-refractivity contribution in [3.8, 4) is 5.75 Å². The fourth-order valence-corrected chi connectivity index (χ4v) is 30.7. The average molecular weight is 576 g/mol.